The van der Waals surface area contributed by atoms with E-state index in [1.165, 1.54) is 25.7 Å². The smallest absolute Gasteiger partial charge is 0.227 e. The monoisotopic (exact) mass is 264 g/mol. The first-order valence-corrected chi connectivity index (χ1v) is 8.27. The highest BCUT2D eigenvalue weighted by atomic mass is 16.2. The molecule has 3 rings (SSSR count). The summed E-state index contributed by atoms with van der Waals surface area (Å²) in [5.74, 6) is 1.95. The van der Waals surface area contributed by atoms with E-state index in [2.05, 4.69) is 17.6 Å². The van der Waals surface area contributed by atoms with Gasteiger partial charge in [-0.15, -0.1) is 0 Å². The molecule has 3 fully saturated rings. The Morgan fingerprint density at radius 3 is 2.47 bits per heavy atom. The van der Waals surface area contributed by atoms with Crippen LogP contribution in [0.2, 0.25) is 0 Å². The van der Waals surface area contributed by atoms with E-state index in [0.29, 0.717) is 11.9 Å². The summed E-state index contributed by atoms with van der Waals surface area (Å²) in [5.41, 5.74) is -0.116. The number of carbonyl (C=O) groups is 1. The predicted octanol–water partition coefficient (Wildman–Crippen LogP) is 2.46. The van der Waals surface area contributed by atoms with Gasteiger partial charge < -0.3 is 10.6 Å². The third-order valence-electron chi connectivity index (χ3n) is 5.24. The van der Waals surface area contributed by atoms with Crippen molar-refractivity contribution in [2.24, 2.45) is 17.3 Å². The maximum Gasteiger partial charge on any atom is 0.227 e. The van der Waals surface area contributed by atoms with Crippen LogP contribution in [0.25, 0.3) is 0 Å². The molecule has 1 amide bonds. The molecular weight excluding hydrogens is 236 g/mol. The molecule has 1 heterocycles. The van der Waals surface area contributed by atoms with Crippen LogP contribution in [0.15, 0.2) is 0 Å². The average molecular weight is 264 g/mol. The summed E-state index contributed by atoms with van der Waals surface area (Å²) in [6.45, 7) is 4.16. The van der Waals surface area contributed by atoms with Gasteiger partial charge in [0, 0.05) is 12.6 Å². The van der Waals surface area contributed by atoms with E-state index >= 15 is 0 Å². The van der Waals surface area contributed by atoms with Crippen molar-refractivity contribution >= 4 is 5.91 Å². The lowest BCUT2D eigenvalue weighted by Crippen LogP contribution is -2.53. The highest BCUT2D eigenvalue weighted by Gasteiger charge is 2.46. The van der Waals surface area contributed by atoms with Crippen molar-refractivity contribution in [2.45, 2.75) is 64.3 Å². The molecule has 3 aliphatic rings. The van der Waals surface area contributed by atoms with Gasteiger partial charge in [0.05, 0.1) is 5.41 Å². The van der Waals surface area contributed by atoms with E-state index < -0.39 is 0 Å². The lowest BCUT2D eigenvalue weighted by molar-refractivity contribution is -0.133. The third-order valence-corrected chi connectivity index (χ3v) is 5.24. The summed E-state index contributed by atoms with van der Waals surface area (Å²) in [7, 11) is 0. The van der Waals surface area contributed by atoms with Crippen LogP contribution in [0.3, 0.4) is 0 Å². The number of amides is 1. The van der Waals surface area contributed by atoms with Gasteiger partial charge in [-0.1, -0.05) is 13.3 Å². The van der Waals surface area contributed by atoms with Gasteiger partial charge in [0.25, 0.3) is 0 Å². The van der Waals surface area contributed by atoms with E-state index in [4.69, 9.17) is 0 Å². The zero-order valence-corrected chi connectivity index (χ0v) is 12.2. The molecule has 108 valence electrons. The summed E-state index contributed by atoms with van der Waals surface area (Å²) < 4.78 is 0. The van der Waals surface area contributed by atoms with Crippen LogP contribution < -0.4 is 10.6 Å². The Balaban J connectivity index is 1.65. The van der Waals surface area contributed by atoms with Crippen LogP contribution in [0.4, 0.5) is 0 Å². The number of rotatable bonds is 6. The van der Waals surface area contributed by atoms with Gasteiger partial charge in [-0.05, 0) is 63.3 Å². The molecule has 0 radical (unpaired) electrons. The Morgan fingerprint density at radius 2 is 2.00 bits per heavy atom. The van der Waals surface area contributed by atoms with Gasteiger partial charge >= 0.3 is 0 Å². The molecule has 0 aromatic rings. The molecule has 1 unspecified atom stereocenters. The molecule has 2 N–H and O–H groups in total. The van der Waals surface area contributed by atoms with Crippen molar-refractivity contribution in [3.8, 4) is 0 Å². The van der Waals surface area contributed by atoms with Crippen LogP contribution >= 0.6 is 0 Å². The molecule has 0 bridgehead atoms. The van der Waals surface area contributed by atoms with E-state index in [9.17, 15) is 4.79 Å². The van der Waals surface area contributed by atoms with Gasteiger partial charge in [0.2, 0.25) is 5.91 Å². The summed E-state index contributed by atoms with van der Waals surface area (Å²) in [4.78, 5) is 12.8. The van der Waals surface area contributed by atoms with Gasteiger partial charge in [-0.25, -0.2) is 0 Å². The normalized spacial score (nSPS) is 31.5. The molecule has 0 aromatic heterocycles. The summed E-state index contributed by atoms with van der Waals surface area (Å²) in [6, 6.07) is 0.503. The van der Waals surface area contributed by atoms with Crippen LogP contribution in [0, 0.1) is 17.3 Å². The topological polar surface area (TPSA) is 41.1 Å². The summed E-state index contributed by atoms with van der Waals surface area (Å²) in [5, 5.41) is 6.90. The molecule has 2 saturated carbocycles. The maximum absolute atomic E-state index is 12.8. The van der Waals surface area contributed by atoms with E-state index in [1.807, 2.05) is 0 Å². The molecule has 1 aliphatic heterocycles. The molecule has 0 aromatic carbocycles. The van der Waals surface area contributed by atoms with E-state index in [0.717, 1.165) is 50.6 Å². The zero-order chi connectivity index (χ0) is 13.3. The molecule has 3 nitrogen and oxygen atoms in total. The first-order valence-electron chi connectivity index (χ1n) is 8.27. The molecular formula is C16H28N2O. The Morgan fingerprint density at radius 1 is 1.32 bits per heavy atom. The zero-order valence-electron chi connectivity index (χ0n) is 12.2. The standard InChI is InChI=1S/C16H28N2O/c1-2-8-16(9-3-10-17-11-16)15(19)18-14(12-4-5-12)13-6-7-13/h12-14,17H,2-11H2,1H3,(H,18,19). The molecule has 0 spiro atoms. The quantitative estimate of drug-likeness (QED) is 0.774. The molecule has 3 heteroatoms. The minimum absolute atomic E-state index is 0.116. The van der Waals surface area contributed by atoms with Crippen LogP contribution in [0.1, 0.15) is 58.3 Å². The highest BCUT2D eigenvalue weighted by molar-refractivity contribution is 5.83. The molecule has 1 atom stereocenters. The minimum atomic E-state index is -0.116. The minimum Gasteiger partial charge on any atom is -0.352 e. The van der Waals surface area contributed by atoms with Crippen LogP contribution in [0.5, 0.6) is 0 Å². The molecule has 1 saturated heterocycles. The van der Waals surface area contributed by atoms with Crippen LogP contribution in [-0.4, -0.2) is 25.0 Å². The van der Waals surface area contributed by atoms with Crippen molar-refractivity contribution < 1.29 is 4.79 Å². The van der Waals surface area contributed by atoms with Crippen molar-refractivity contribution in [3.63, 3.8) is 0 Å². The van der Waals surface area contributed by atoms with Crippen molar-refractivity contribution in [2.75, 3.05) is 13.1 Å². The Labute approximate surface area is 116 Å². The Kier molecular flexibility index (Phi) is 3.84. The van der Waals surface area contributed by atoms with Crippen molar-refractivity contribution in [3.05, 3.63) is 0 Å². The van der Waals surface area contributed by atoms with Crippen molar-refractivity contribution in [1.82, 2.24) is 10.6 Å². The molecule has 2 aliphatic carbocycles. The first-order chi connectivity index (χ1) is 9.25. The summed E-state index contributed by atoms with van der Waals surface area (Å²) in [6.07, 6.45) is 9.69. The average Bonchev–Trinajstić information content (AvgIpc) is 3.30. The van der Waals surface area contributed by atoms with Gasteiger partial charge in [-0.3, -0.25) is 4.79 Å². The van der Waals surface area contributed by atoms with E-state index in [1.54, 1.807) is 0 Å². The van der Waals surface area contributed by atoms with E-state index in [-0.39, 0.29) is 5.41 Å². The lowest BCUT2D eigenvalue weighted by Gasteiger charge is -2.37. The number of hydrogen-bond donors (Lipinski definition) is 2. The Bertz CT molecular complexity index is 310. The van der Waals surface area contributed by atoms with Gasteiger partial charge in [0.15, 0.2) is 0 Å². The predicted molar refractivity (Wildman–Crippen MR) is 76.8 cm³/mol. The lowest BCUT2D eigenvalue weighted by atomic mass is 9.76. The fraction of sp³-hybridized carbons (Fsp3) is 0.938. The Hall–Kier alpha value is -0.570. The number of hydrogen-bond acceptors (Lipinski definition) is 2. The maximum atomic E-state index is 12.8. The number of carbonyl (C=O) groups excluding carboxylic acids is 1. The summed E-state index contributed by atoms with van der Waals surface area (Å²) >= 11 is 0. The number of nitrogens with one attached hydrogen (secondary N) is 2. The molecule has 19 heavy (non-hydrogen) atoms. The van der Waals surface area contributed by atoms with Crippen molar-refractivity contribution in [1.29, 1.82) is 0 Å². The second-order valence-corrected chi connectivity index (χ2v) is 6.98. The van der Waals surface area contributed by atoms with Gasteiger partial charge in [0.1, 0.15) is 0 Å². The second kappa shape index (κ2) is 5.43. The fourth-order valence-electron chi connectivity index (χ4n) is 3.80. The van der Waals surface area contributed by atoms with Gasteiger partial charge in [-0.2, -0.15) is 0 Å². The third kappa shape index (κ3) is 2.96. The largest absolute Gasteiger partial charge is 0.352 e. The second-order valence-electron chi connectivity index (χ2n) is 6.98. The fourth-order valence-corrected chi connectivity index (χ4v) is 3.80. The number of piperidine rings is 1. The van der Waals surface area contributed by atoms with Crippen LogP contribution in [-0.2, 0) is 4.79 Å². The first kappa shape index (κ1) is 13.4. The highest BCUT2D eigenvalue weighted by Crippen LogP contribution is 2.45. The SMILES string of the molecule is CCCC1(C(=O)NC(C2CC2)C2CC2)CCCNC1.